The third-order valence-electron chi connectivity index (χ3n) is 4.63. The van der Waals surface area contributed by atoms with Gasteiger partial charge in [0.25, 0.3) is 0 Å². The maximum atomic E-state index is 13.2. The molecular formula is C24H23Cl3FNO2. The fraction of sp³-hybridized carbons (Fsp3) is 0.250. The van der Waals surface area contributed by atoms with Crippen LogP contribution in [0.2, 0.25) is 15.1 Å². The van der Waals surface area contributed by atoms with Gasteiger partial charge in [0.05, 0.1) is 11.6 Å². The van der Waals surface area contributed by atoms with Crippen molar-refractivity contribution in [2.45, 2.75) is 26.5 Å². The summed E-state index contributed by atoms with van der Waals surface area (Å²) in [7, 11) is 0. The molecule has 0 amide bonds. The van der Waals surface area contributed by atoms with Gasteiger partial charge in [-0.25, -0.2) is 4.39 Å². The van der Waals surface area contributed by atoms with E-state index >= 15 is 0 Å². The predicted octanol–water partition coefficient (Wildman–Crippen LogP) is 7.10. The van der Waals surface area contributed by atoms with Gasteiger partial charge in [0.2, 0.25) is 0 Å². The highest BCUT2D eigenvalue weighted by Crippen LogP contribution is 2.34. The van der Waals surface area contributed by atoms with Gasteiger partial charge >= 0.3 is 0 Å². The molecule has 164 valence electrons. The van der Waals surface area contributed by atoms with Crippen molar-refractivity contribution >= 4 is 34.8 Å². The van der Waals surface area contributed by atoms with Gasteiger partial charge in [0, 0.05) is 28.2 Å². The highest BCUT2D eigenvalue weighted by Gasteiger charge is 2.12. The molecule has 7 heteroatoms. The second-order valence-corrected chi connectivity index (χ2v) is 8.15. The lowest BCUT2D eigenvalue weighted by atomic mass is 10.1. The summed E-state index contributed by atoms with van der Waals surface area (Å²) < 4.78 is 24.9. The largest absolute Gasteiger partial charge is 0.490 e. The Labute approximate surface area is 197 Å². The van der Waals surface area contributed by atoms with Crippen molar-refractivity contribution in [2.75, 3.05) is 13.2 Å². The molecule has 3 aromatic rings. The number of nitrogens with one attached hydrogen (secondary N) is 1. The van der Waals surface area contributed by atoms with Gasteiger partial charge in [-0.1, -0.05) is 53.0 Å². The van der Waals surface area contributed by atoms with E-state index in [4.69, 9.17) is 44.3 Å². The fourth-order valence-electron chi connectivity index (χ4n) is 2.99. The minimum atomic E-state index is -0.389. The number of hydrogen-bond donors (Lipinski definition) is 1. The summed E-state index contributed by atoms with van der Waals surface area (Å²) in [5, 5.41) is 5.01. The molecule has 1 N–H and O–H groups in total. The Kier molecular flexibility index (Phi) is 8.85. The van der Waals surface area contributed by atoms with Crippen LogP contribution in [0.25, 0.3) is 0 Å². The quantitative estimate of drug-likeness (QED) is 0.313. The third-order valence-corrected chi connectivity index (χ3v) is 5.59. The zero-order chi connectivity index (χ0) is 22.2. The van der Waals surface area contributed by atoms with E-state index in [-0.39, 0.29) is 12.4 Å². The molecule has 0 bridgehead atoms. The summed E-state index contributed by atoms with van der Waals surface area (Å²) in [4.78, 5) is 0. The highest BCUT2D eigenvalue weighted by molar-refractivity contribution is 6.32. The topological polar surface area (TPSA) is 30.5 Å². The molecule has 0 atom stereocenters. The third kappa shape index (κ3) is 7.01. The molecule has 0 aliphatic carbocycles. The van der Waals surface area contributed by atoms with Crippen LogP contribution < -0.4 is 14.8 Å². The van der Waals surface area contributed by atoms with Gasteiger partial charge < -0.3 is 14.8 Å². The minimum absolute atomic E-state index is 0.175. The molecule has 0 saturated carbocycles. The second-order valence-electron chi connectivity index (χ2n) is 6.90. The number of benzene rings is 3. The number of ether oxygens (including phenoxy) is 2. The van der Waals surface area contributed by atoms with Crippen LogP contribution in [0, 0.1) is 5.82 Å². The Hall–Kier alpha value is -1.98. The Bertz CT molecular complexity index is 1010. The van der Waals surface area contributed by atoms with Crippen LogP contribution in [-0.2, 0) is 19.6 Å². The first kappa shape index (κ1) is 23.7. The molecule has 0 radical (unpaired) electrons. The fourth-order valence-corrected chi connectivity index (χ4v) is 3.56. The normalized spacial score (nSPS) is 10.9. The second kappa shape index (κ2) is 11.6. The zero-order valence-electron chi connectivity index (χ0n) is 17.1. The molecule has 0 saturated heterocycles. The maximum Gasteiger partial charge on any atom is 0.163 e. The van der Waals surface area contributed by atoms with Crippen molar-refractivity contribution in [3.05, 3.63) is 92.2 Å². The maximum absolute atomic E-state index is 13.2. The highest BCUT2D eigenvalue weighted by atomic mass is 35.5. The Morgan fingerprint density at radius 2 is 1.55 bits per heavy atom. The first-order chi connectivity index (χ1) is 15.0. The molecule has 0 aliphatic heterocycles. The van der Waals surface area contributed by atoms with Crippen molar-refractivity contribution in [1.29, 1.82) is 0 Å². The lowest BCUT2D eigenvalue weighted by molar-refractivity contribution is 0.269. The molecule has 3 rings (SSSR count). The van der Waals surface area contributed by atoms with Crippen molar-refractivity contribution in [3.63, 3.8) is 0 Å². The van der Waals surface area contributed by atoms with Gasteiger partial charge in [-0.15, -0.1) is 0 Å². The van der Waals surface area contributed by atoms with E-state index in [9.17, 15) is 4.39 Å². The summed E-state index contributed by atoms with van der Waals surface area (Å²) in [5.41, 5.74) is 2.80. The SMILES string of the molecule is CCOc1cc(CNCCc2ccc(Cl)cc2)c(Cl)cc1OCc1ccc(F)cc1Cl. The summed E-state index contributed by atoms with van der Waals surface area (Å²) in [6.07, 6.45) is 0.882. The van der Waals surface area contributed by atoms with Crippen LogP contribution >= 0.6 is 34.8 Å². The average molecular weight is 483 g/mol. The first-order valence-electron chi connectivity index (χ1n) is 9.93. The van der Waals surface area contributed by atoms with Crippen molar-refractivity contribution in [2.24, 2.45) is 0 Å². The van der Waals surface area contributed by atoms with E-state index in [2.05, 4.69) is 5.32 Å². The molecule has 0 unspecified atom stereocenters. The number of hydrogen-bond acceptors (Lipinski definition) is 3. The minimum Gasteiger partial charge on any atom is -0.490 e. The molecule has 0 spiro atoms. The summed E-state index contributed by atoms with van der Waals surface area (Å²) in [6, 6.07) is 15.6. The van der Waals surface area contributed by atoms with Crippen molar-refractivity contribution in [3.8, 4) is 11.5 Å². The average Bonchev–Trinajstić information content (AvgIpc) is 2.74. The summed E-state index contributed by atoms with van der Waals surface area (Å²) in [6.45, 7) is 3.95. The van der Waals surface area contributed by atoms with Crippen LogP contribution in [-0.4, -0.2) is 13.2 Å². The van der Waals surface area contributed by atoms with Crippen LogP contribution in [0.5, 0.6) is 11.5 Å². The molecule has 0 aliphatic rings. The van der Waals surface area contributed by atoms with Crippen LogP contribution in [0.15, 0.2) is 54.6 Å². The van der Waals surface area contributed by atoms with E-state index in [1.54, 1.807) is 12.1 Å². The van der Waals surface area contributed by atoms with Crippen LogP contribution in [0.3, 0.4) is 0 Å². The molecule has 0 aromatic heterocycles. The van der Waals surface area contributed by atoms with Crippen LogP contribution in [0.1, 0.15) is 23.6 Å². The number of halogens is 4. The molecular weight excluding hydrogens is 460 g/mol. The lowest BCUT2D eigenvalue weighted by Crippen LogP contribution is -2.17. The van der Waals surface area contributed by atoms with Gasteiger partial charge in [-0.05, 0) is 61.3 Å². The Morgan fingerprint density at radius 3 is 2.26 bits per heavy atom. The van der Waals surface area contributed by atoms with Gasteiger partial charge in [-0.3, -0.25) is 0 Å². The van der Waals surface area contributed by atoms with E-state index in [0.29, 0.717) is 40.3 Å². The Balaban J connectivity index is 1.62. The van der Waals surface area contributed by atoms with Crippen LogP contribution in [0.4, 0.5) is 4.39 Å². The first-order valence-corrected chi connectivity index (χ1v) is 11.1. The lowest BCUT2D eigenvalue weighted by Gasteiger charge is -2.16. The molecule has 0 fully saturated rings. The standard InChI is InChI=1S/C24H23Cl3FNO2/c1-2-30-23-11-18(14-29-10-9-16-3-6-19(25)7-4-16)22(27)13-24(23)31-15-17-5-8-20(28)12-21(17)26/h3-8,11-13,29H,2,9-10,14-15H2,1H3. The number of rotatable bonds is 10. The van der Waals surface area contributed by atoms with Crippen molar-refractivity contribution < 1.29 is 13.9 Å². The molecule has 31 heavy (non-hydrogen) atoms. The summed E-state index contributed by atoms with van der Waals surface area (Å²) >= 11 is 18.5. The van der Waals surface area contributed by atoms with E-state index < -0.39 is 0 Å². The van der Waals surface area contributed by atoms with E-state index in [1.807, 2.05) is 37.3 Å². The Morgan fingerprint density at radius 1 is 0.839 bits per heavy atom. The van der Waals surface area contributed by atoms with Gasteiger partial charge in [0.1, 0.15) is 12.4 Å². The van der Waals surface area contributed by atoms with Gasteiger partial charge in [-0.2, -0.15) is 0 Å². The van der Waals surface area contributed by atoms with Crippen molar-refractivity contribution in [1.82, 2.24) is 5.32 Å². The zero-order valence-corrected chi connectivity index (χ0v) is 19.3. The predicted molar refractivity (Wildman–Crippen MR) is 125 cm³/mol. The smallest absolute Gasteiger partial charge is 0.163 e. The van der Waals surface area contributed by atoms with Gasteiger partial charge in [0.15, 0.2) is 11.5 Å². The monoisotopic (exact) mass is 481 g/mol. The van der Waals surface area contributed by atoms with E-state index in [1.165, 1.54) is 17.7 Å². The molecule has 3 nitrogen and oxygen atoms in total. The molecule has 0 heterocycles. The summed E-state index contributed by atoms with van der Waals surface area (Å²) in [5.74, 6) is 0.719. The molecule has 3 aromatic carbocycles. The van der Waals surface area contributed by atoms with E-state index in [0.717, 1.165) is 23.6 Å².